The van der Waals surface area contributed by atoms with Crippen LogP contribution in [0, 0.1) is 5.92 Å². The molecule has 14 heavy (non-hydrogen) atoms. The molecule has 0 heterocycles. The molecule has 0 fully saturated rings. The van der Waals surface area contributed by atoms with Gasteiger partial charge in [0.1, 0.15) is 0 Å². The molecule has 0 spiro atoms. The quantitative estimate of drug-likeness (QED) is 0.586. The van der Waals surface area contributed by atoms with Crippen molar-refractivity contribution in [1.82, 2.24) is 0 Å². The van der Waals surface area contributed by atoms with E-state index in [4.69, 9.17) is 9.47 Å². The molecular weight excluding hydrogens is 176 g/mol. The Balaban J connectivity index is 3.53. The van der Waals surface area contributed by atoms with E-state index in [2.05, 4.69) is 19.9 Å². The van der Waals surface area contributed by atoms with Crippen LogP contribution in [0.2, 0.25) is 0 Å². The van der Waals surface area contributed by atoms with Gasteiger partial charge in [-0.15, -0.1) is 0 Å². The Morgan fingerprint density at radius 3 is 2.64 bits per heavy atom. The van der Waals surface area contributed by atoms with Crippen LogP contribution in [-0.4, -0.2) is 26.9 Å². The average Bonchev–Trinajstić information content (AvgIpc) is 2.15. The molecule has 0 aromatic rings. The van der Waals surface area contributed by atoms with E-state index in [0.717, 1.165) is 13.2 Å². The summed E-state index contributed by atoms with van der Waals surface area (Å²) in [5.74, 6) is 0.467. The number of allylic oxidation sites excluding steroid dienone is 3. The van der Waals surface area contributed by atoms with E-state index in [1.54, 1.807) is 7.11 Å². The maximum Gasteiger partial charge on any atom is 0.0677 e. The van der Waals surface area contributed by atoms with Crippen LogP contribution in [0.5, 0.6) is 0 Å². The molecule has 0 aliphatic heterocycles. The molecule has 0 amide bonds. The number of rotatable bonds is 7. The van der Waals surface area contributed by atoms with Crippen LogP contribution < -0.4 is 0 Å². The lowest BCUT2D eigenvalue weighted by Crippen LogP contribution is -2.12. The van der Waals surface area contributed by atoms with Gasteiger partial charge in [0.15, 0.2) is 0 Å². The van der Waals surface area contributed by atoms with Gasteiger partial charge < -0.3 is 9.47 Å². The van der Waals surface area contributed by atoms with Crippen LogP contribution >= 0.6 is 0 Å². The van der Waals surface area contributed by atoms with E-state index in [9.17, 15) is 0 Å². The molecule has 2 nitrogen and oxygen atoms in total. The molecule has 0 aromatic heterocycles. The third-order valence-corrected chi connectivity index (χ3v) is 1.76. The first kappa shape index (κ1) is 13.4. The summed E-state index contributed by atoms with van der Waals surface area (Å²) in [5, 5.41) is 0. The fourth-order valence-corrected chi connectivity index (χ4v) is 1.06. The SMILES string of the molecule is C/C=C\C=C(/C)COC[C@@H](C)COC. The van der Waals surface area contributed by atoms with E-state index < -0.39 is 0 Å². The summed E-state index contributed by atoms with van der Waals surface area (Å²) in [6.07, 6.45) is 6.11. The Kier molecular flexibility index (Phi) is 8.59. The van der Waals surface area contributed by atoms with Crippen molar-refractivity contribution in [3.05, 3.63) is 23.8 Å². The van der Waals surface area contributed by atoms with Gasteiger partial charge in [0.25, 0.3) is 0 Å². The fourth-order valence-electron chi connectivity index (χ4n) is 1.06. The van der Waals surface area contributed by atoms with Crippen LogP contribution in [0.25, 0.3) is 0 Å². The van der Waals surface area contributed by atoms with Crippen molar-refractivity contribution < 1.29 is 9.47 Å². The van der Waals surface area contributed by atoms with Gasteiger partial charge in [-0.25, -0.2) is 0 Å². The second-order valence-electron chi connectivity index (χ2n) is 3.61. The Morgan fingerprint density at radius 1 is 1.36 bits per heavy atom. The molecule has 0 unspecified atom stereocenters. The first-order valence-electron chi connectivity index (χ1n) is 5.05. The van der Waals surface area contributed by atoms with Crippen molar-refractivity contribution in [2.75, 3.05) is 26.9 Å². The zero-order chi connectivity index (χ0) is 10.8. The normalized spacial score (nSPS) is 15.0. The Labute approximate surface area is 87.6 Å². The highest BCUT2D eigenvalue weighted by atomic mass is 16.5. The number of methoxy groups -OCH3 is 1. The first-order chi connectivity index (χ1) is 6.70. The summed E-state index contributed by atoms with van der Waals surface area (Å²) in [5.41, 5.74) is 1.24. The van der Waals surface area contributed by atoms with Crippen LogP contribution in [-0.2, 0) is 9.47 Å². The zero-order valence-electron chi connectivity index (χ0n) is 9.75. The highest BCUT2D eigenvalue weighted by molar-refractivity contribution is 5.09. The largest absolute Gasteiger partial charge is 0.384 e. The minimum absolute atomic E-state index is 0.467. The van der Waals surface area contributed by atoms with Gasteiger partial charge >= 0.3 is 0 Å². The topological polar surface area (TPSA) is 18.5 Å². The highest BCUT2D eigenvalue weighted by Crippen LogP contribution is 1.99. The van der Waals surface area contributed by atoms with Crippen molar-refractivity contribution in [2.45, 2.75) is 20.8 Å². The zero-order valence-corrected chi connectivity index (χ0v) is 9.75. The van der Waals surface area contributed by atoms with Crippen LogP contribution in [0.4, 0.5) is 0 Å². The lowest BCUT2D eigenvalue weighted by Gasteiger charge is -2.10. The number of hydrogen-bond acceptors (Lipinski definition) is 2. The highest BCUT2D eigenvalue weighted by Gasteiger charge is 2.00. The maximum atomic E-state index is 5.52. The van der Waals surface area contributed by atoms with E-state index in [1.807, 2.05) is 19.1 Å². The van der Waals surface area contributed by atoms with Gasteiger partial charge in [-0.2, -0.15) is 0 Å². The summed E-state index contributed by atoms with van der Waals surface area (Å²) in [4.78, 5) is 0. The average molecular weight is 198 g/mol. The third-order valence-electron chi connectivity index (χ3n) is 1.76. The van der Waals surface area contributed by atoms with Crippen molar-refractivity contribution >= 4 is 0 Å². The van der Waals surface area contributed by atoms with Crippen molar-refractivity contribution in [2.24, 2.45) is 5.92 Å². The smallest absolute Gasteiger partial charge is 0.0677 e. The molecule has 0 radical (unpaired) electrons. The summed E-state index contributed by atoms with van der Waals surface area (Å²) < 4.78 is 10.5. The molecule has 0 aromatic carbocycles. The summed E-state index contributed by atoms with van der Waals surface area (Å²) in [6.45, 7) is 8.42. The molecule has 0 aliphatic carbocycles. The lowest BCUT2D eigenvalue weighted by molar-refractivity contribution is 0.0754. The van der Waals surface area contributed by atoms with E-state index in [1.165, 1.54) is 5.57 Å². The number of ether oxygens (including phenoxy) is 2. The molecular formula is C12H22O2. The lowest BCUT2D eigenvalue weighted by atomic mass is 10.2. The predicted octanol–water partition coefficient (Wildman–Crippen LogP) is 2.81. The molecule has 0 saturated carbocycles. The first-order valence-corrected chi connectivity index (χ1v) is 5.05. The molecule has 0 aliphatic rings. The van der Waals surface area contributed by atoms with Gasteiger partial charge in [0, 0.05) is 13.0 Å². The van der Waals surface area contributed by atoms with Gasteiger partial charge in [-0.3, -0.25) is 0 Å². The summed E-state index contributed by atoms with van der Waals surface area (Å²) in [6, 6.07) is 0. The Morgan fingerprint density at radius 2 is 2.07 bits per heavy atom. The molecule has 2 heteroatoms. The van der Waals surface area contributed by atoms with E-state index in [0.29, 0.717) is 12.5 Å². The third kappa shape index (κ3) is 8.02. The Bertz CT molecular complexity index is 183. The van der Waals surface area contributed by atoms with Gasteiger partial charge in [0.05, 0.1) is 19.8 Å². The molecule has 0 rings (SSSR count). The van der Waals surface area contributed by atoms with E-state index >= 15 is 0 Å². The van der Waals surface area contributed by atoms with Gasteiger partial charge in [-0.05, 0) is 19.4 Å². The molecule has 0 saturated heterocycles. The second kappa shape index (κ2) is 8.97. The summed E-state index contributed by atoms with van der Waals surface area (Å²) >= 11 is 0. The minimum atomic E-state index is 0.467. The van der Waals surface area contributed by atoms with Crippen LogP contribution in [0.15, 0.2) is 23.8 Å². The predicted molar refractivity (Wildman–Crippen MR) is 60.4 cm³/mol. The van der Waals surface area contributed by atoms with Gasteiger partial charge in [-0.1, -0.05) is 25.2 Å². The monoisotopic (exact) mass is 198 g/mol. The molecule has 0 N–H and O–H groups in total. The van der Waals surface area contributed by atoms with Crippen molar-refractivity contribution in [1.29, 1.82) is 0 Å². The summed E-state index contributed by atoms with van der Waals surface area (Å²) in [7, 11) is 1.72. The molecule has 82 valence electrons. The van der Waals surface area contributed by atoms with Gasteiger partial charge in [0.2, 0.25) is 0 Å². The van der Waals surface area contributed by atoms with Crippen LogP contribution in [0.1, 0.15) is 20.8 Å². The van der Waals surface area contributed by atoms with Crippen LogP contribution in [0.3, 0.4) is 0 Å². The second-order valence-corrected chi connectivity index (χ2v) is 3.61. The standard InChI is InChI=1S/C12H22O2/c1-5-6-7-11(2)9-14-10-12(3)8-13-4/h5-7,12H,8-10H2,1-4H3/b6-5-,11-7+/t12-/m0/s1. The fraction of sp³-hybridized carbons (Fsp3) is 0.667. The maximum absolute atomic E-state index is 5.52. The molecule has 0 bridgehead atoms. The number of hydrogen-bond donors (Lipinski definition) is 0. The van der Waals surface area contributed by atoms with E-state index in [-0.39, 0.29) is 0 Å². The molecule has 1 atom stereocenters. The Hall–Kier alpha value is -0.600. The van der Waals surface area contributed by atoms with Crippen molar-refractivity contribution in [3.63, 3.8) is 0 Å². The minimum Gasteiger partial charge on any atom is -0.384 e. The van der Waals surface area contributed by atoms with Crippen molar-refractivity contribution in [3.8, 4) is 0 Å².